The van der Waals surface area contributed by atoms with Crippen molar-refractivity contribution in [2.45, 2.75) is 51.6 Å². The summed E-state index contributed by atoms with van der Waals surface area (Å²) in [5.41, 5.74) is 8.09. The number of nitrogens with two attached hydrogens (primary N) is 1. The van der Waals surface area contributed by atoms with Gasteiger partial charge in [-0.2, -0.15) is 0 Å². The van der Waals surface area contributed by atoms with Crippen molar-refractivity contribution in [1.29, 1.82) is 0 Å². The summed E-state index contributed by atoms with van der Waals surface area (Å²) in [6, 6.07) is 9.49. The lowest BCUT2D eigenvalue weighted by Gasteiger charge is -2.33. The molecule has 2 nitrogen and oxygen atoms in total. The minimum Gasteiger partial charge on any atom is -0.399 e. The van der Waals surface area contributed by atoms with Gasteiger partial charge in [0.1, 0.15) is 0 Å². The maximum absolute atomic E-state index is 5.87. The summed E-state index contributed by atoms with van der Waals surface area (Å²) < 4.78 is 0. The zero-order valence-electron chi connectivity index (χ0n) is 11.0. The van der Waals surface area contributed by atoms with Crippen LogP contribution in [0.3, 0.4) is 0 Å². The van der Waals surface area contributed by atoms with E-state index in [0.29, 0.717) is 12.1 Å². The van der Waals surface area contributed by atoms with Crippen molar-refractivity contribution in [3.63, 3.8) is 0 Å². The first-order valence-corrected chi connectivity index (χ1v) is 6.79. The molecular formula is C15H24N2. The highest BCUT2D eigenvalue weighted by Crippen LogP contribution is 2.28. The Labute approximate surface area is 105 Å². The Balaban J connectivity index is 2.14. The van der Waals surface area contributed by atoms with Gasteiger partial charge in [0.2, 0.25) is 0 Å². The molecule has 2 rings (SSSR count). The molecule has 17 heavy (non-hydrogen) atoms. The average Bonchev–Trinajstić information content (AvgIpc) is 2.53. The summed E-state index contributed by atoms with van der Waals surface area (Å²) in [5, 5.41) is 0. The van der Waals surface area contributed by atoms with E-state index in [2.05, 4.69) is 36.9 Å². The second-order valence-corrected chi connectivity index (χ2v) is 5.28. The molecule has 1 aromatic carbocycles. The maximum Gasteiger partial charge on any atom is 0.0323 e. The lowest BCUT2D eigenvalue weighted by atomic mass is 10.0. The van der Waals surface area contributed by atoms with Crippen LogP contribution in [0, 0.1) is 0 Å². The molecule has 0 aliphatic carbocycles. The molecule has 1 saturated heterocycles. The van der Waals surface area contributed by atoms with E-state index < -0.39 is 0 Å². The highest BCUT2D eigenvalue weighted by Gasteiger charge is 2.22. The summed E-state index contributed by atoms with van der Waals surface area (Å²) in [7, 11) is 0. The molecule has 0 saturated carbocycles. The van der Waals surface area contributed by atoms with Crippen LogP contribution in [0.5, 0.6) is 0 Å². The van der Waals surface area contributed by atoms with Crippen LogP contribution in [0.25, 0.3) is 0 Å². The maximum atomic E-state index is 5.87. The van der Waals surface area contributed by atoms with Gasteiger partial charge in [-0.1, -0.05) is 25.0 Å². The predicted octanol–water partition coefficient (Wildman–Crippen LogP) is 3.59. The van der Waals surface area contributed by atoms with Gasteiger partial charge in [0.25, 0.3) is 0 Å². The Morgan fingerprint density at radius 1 is 1.29 bits per heavy atom. The SMILES string of the molecule is CC1CCCCCN1C(C)c1cccc(N)c1. The number of likely N-dealkylation sites (tertiary alicyclic amines) is 1. The summed E-state index contributed by atoms with van der Waals surface area (Å²) in [4.78, 5) is 2.63. The van der Waals surface area contributed by atoms with Crippen molar-refractivity contribution in [1.82, 2.24) is 4.90 Å². The van der Waals surface area contributed by atoms with Gasteiger partial charge >= 0.3 is 0 Å². The number of hydrogen-bond acceptors (Lipinski definition) is 2. The summed E-state index contributed by atoms with van der Waals surface area (Å²) in [6.07, 6.45) is 5.41. The van der Waals surface area contributed by atoms with Crippen LogP contribution in [-0.4, -0.2) is 17.5 Å². The van der Waals surface area contributed by atoms with Crippen molar-refractivity contribution in [2.24, 2.45) is 0 Å². The largest absolute Gasteiger partial charge is 0.399 e. The Hall–Kier alpha value is -1.02. The molecule has 0 spiro atoms. The van der Waals surface area contributed by atoms with Crippen molar-refractivity contribution >= 4 is 5.69 Å². The van der Waals surface area contributed by atoms with Gasteiger partial charge in [-0.05, 0) is 50.9 Å². The lowest BCUT2D eigenvalue weighted by Crippen LogP contribution is -2.35. The van der Waals surface area contributed by atoms with Crippen LogP contribution in [-0.2, 0) is 0 Å². The highest BCUT2D eigenvalue weighted by molar-refractivity contribution is 5.41. The number of nitrogen functional groups attached to an aromatic ring is 1. The van der Waals surface area contributed by atoms with E-state index in [1.54, 1.807) is 0 Å². The van der Waals surface area contributed by atoms with Gasteiger partial charge in [0.05, 0.1) is 0 Å². The molecule has 0 radical (unpaired) electrons. The predicted molar refractivity (Wildman–Crippen MR) is 73.9 cm³/mol. The second-order valence-electron chi connectivity index (χ2n) is 5.28. The minimum atomic E-state index is 0.478. The van der Waals surface area contributed by atoms with Crippen LogP contribution in [0.1, 0.15) is 51.1 Å². The van der Waals surface area contributed by atoms with Crippen LogP contribution in [0.15, 0.2) is 24.3 Å². The molecule has 1 heterocycles. The van der Waals surface area contributed by atoms with E-state index in [0.717, 1.165) is 5.69 Å². The number of benzene rings is 1. The fourth-order valence-corrected chi connectivity index (χ4v) is 2.88. The second kappa shape index (κ2) is 5.54. The molecule has 2 heteroatoms. The first kappa shape index (κ1) is 12.4. The van der Waals surface area contributed by atoms with Crippen LogP contribution in [0.4, 0.5) is 5.69 Å². The zero-order valence-corrected chi connectivity index (χ0v) is 11.0. The first-order valence-electron chi connectivity index (χ1n) is 6.79. The highest BCUT2D eigenvalue weighted by atomic mass is 15.2. The molecule has 0 bridgehead atoms. The normalized spacial score (nSPS) is 24.2. The van der Waals surface area contributed by atoms with E-state index in [-0.39, 0.29) is 0 Å². The Morgan fingerprint density at radius 3 is 2.88 bits per heavy atom. The molecule has 2 atom stereocenters. The summed E-state index contributed by atoms with van der Waals surface area (Å²) in [6.45, 7) is 5.88. The van der Waals surface area contributed by atoms with Crippen molar-refractivity contribution in [3.8, 4) is 0 Å². The molecule has 0 aromatic heterocycles. The van der Waals surface area contributed by atoms with Gasteiger partial charge in [-0.3, -0.25) is 4.90 Å². The van der Waals surface area contributed by atoms with Crippen molar-refractivity contribution in [3.05, 3.63) is 29.8 Å². The fourth-order valence-electron chi connectivity index (χ4n) is 2.88. The van der Waals surface area contributed by atoms with Gasteiger partial charge in [-0.25, -0.2) is 0 Å². The first-order chi connectivity index (χ1) is 8.18. The van der Waals surface area contributed by atoms with E-state index in [1.165, 1.54) is 37.8 Å². The molecule has 94 valence electrons. The number of rotatable bonds is 2. The monoisotopic (exact) mass is 232 g/mol. The lowest BCUT2D eigenvalue weighted by molar-refractivity contribution is 0.158. The molecular weight excluding hydrogens is 208 g/mol. The Kier molecular flexibility index (Phi) is 4.06. The Bertz CT molecular complexity index is 362. The van der Waals surface area contributed by atoms with Crippen molar-refractivity contribution < 1.29 is 0 Å². The smallest absolute Gasteiger partial charge is 0.0323 e. The molecule has 1 aliphatic rings. The number of nitrogens with zero attached hydrogens (tertiary/aromatic N) is 1. The molecule has 1 aliphatic heterocycles. The summed E-state index contributed by atoms with van der Waals surface area (Å²) >= 11 is 0. The Morgan fingerprint density at radius 2 is 2.12 bits per heavy atom. The average molecular weight is 232 g/mol. The topological polar surface area (TPSA) is 29.3 Å². The van der Waals surface area contributed by atoms with Crippen LogP contribution in [0.2, 0.25) is 0 Å². The van der Waals surface area contributed by atoms with Crippen molar-refractivity contribution in [2.75, 3.05) is 12.3 Å². The zero-order chi connectivity index (χ0) is 12.3. The third-order valence-electron chi connectivity index (χ3n) is 3.99. The fraction of sp³-hybridized carbons (Fsp3) is 0.600. The van der Waals surface area contributed by atoms with E-state index in [9.17, 15) is 0 Å². The van der Waals surface area contributed by atoms with Crippen LogP contribution < -0.4 is 5.73 Å². The van der Waals surface area contributed by atoms with Gasteiger partial charge in [-0.15, -0.1) is 0 Å². The standard InChI is InChI=1S/C15H24N2/c1-12-7-4-3-5-10-17(12)13(2)14-8-6-9-15(16)11-14/h6,8-9,11-13H,3-5,7,10,16H2,1-2H3. The molecule has 2 unspecified atom stereocenters. The van der Waals surface area contributed by atoms with Gasteiger partial charge < -0.3 is 5.73 Å². The quantitative estimate of drug-likeness (QED) is 0.789. The van der Waals surface area contributed by atoms with Gasteiger partial charge in [0.15, 0.2) is 0 Å². The third-order valence-corrected chi connectivity index (χ3v) is 3.99. The van der Waals surface area contributed by atoms with E-state index in [4.69, 9.17) is 5.73 Å². The number of anilines is 1. The molecule has 1 fully saturated rings. The molecule has 2 N–H and O–H groups in total. The third kappa shape index (κ3) is 3.01. The molecule has 0 amide bonds. The minimum absolute atomic E-state index is 0.478. The van der Waals surface area contributed by atoms with Gasteiger partial charge in [0, 0.05) is 17.8 Å². The van der Waals surface area contributed by atoms with Crippen LogP contribution >= 0.6 is 0 Å². The summed E-state index contributed by atoms with van der Waals surface area (Å²) in [5.74, 6) is 0. The van der Waals surface area contributed by atoms with E-state index >= 15 is 0 Å². The molecule has 1 aromatic rings. The van der Waals surface area contributed by atoms with E-state index in [1.807, 2.05) is 6.07 Å². The number of hydrogen-bond donors (Lipinski definition) is 1.